The molecule has 0 saturated carbocycles. The monoisotopic (exact) mass is 567 g/mol. The summed E-state index contributed by atoms with van der Waals surface area (Å²) in [5.74, 6) is -1.25. The zero-order valence-electron chi connectivity index (χ0n) is 19.9. The summed E-state index contributed by atoms with van der Waals surface area (Å²) in [5.41, 5.74) is -5.61. The third kappa shape index (κ3) is 5.92. The molecule has 3 aromatic heterocycles. The number of alkyl halides is 6. The first kappa shape index (κ1) is 28.2. The summed E-state index contributed by atoms with van der Waals surface area (Å²) in [7, 11) is 0. The lowest BCUT2D eigenvalue weighted by Gasteiger charge is -2.16. The normalized spacial score (nSPS) is 12.8. The molecule has 0 fully saturated rings. The number of nitrogens with zero attached hydrogens (tertiary/aromatic N) is 5. The first-order valence-corrected chi connectivity index (χ1v) is 11.3. The highest BCUT2D eigenvalue weighted by Gasteiger charge is 2.37. The van der Waals surface area contributed by atoms with Gasteiger partial charge < -0.3 is 9.88 Å². The van der Waals surface area contributed by atoms with Crippen molar-refractivity contribution < 1.29 is 30.7 Å². The average Bonchev–Trinajstić information content (AvgIpc) is 2.88. The number of aryl methyl sites for hydroxylation is 1. The molecule has 4 rings (SSSR count). The zero-order chi connectivity index (χ0) is 29.2. The second-order valence-corrected chi connectivity index (χ2v) is 8.48. The van der Waals surface area contributed by atoms with E-state index < -0.39 is 52.1 Å². The number of rotatable bonds is 7. The summed E-state index contributed by atoms with van der Waals surface area (Å²) in [6, 6.07) is 4.22. The van der Waals surface area contributed by atoms with Crippen molar-refractivity contribution >= 4 is 16.5 Å². The lowest BCUT2D eigenvalue weighted by Crippen LogP contribution is -2.28. The Labute approximate surface area is 218 Å². The van der Waals surface area contributed by atoms with Crippen LogP contribution in [0.25, 0.3) is 22.2 Å². The van der Waals surface area contributed by atoms with Gasteiger partial charge in [-0.25, -0.2) is 19.5 Å². The number of nitrogens with one attached hydrogen (secondary N) is 2. The van der Waals surface area contributed by atoms with E-state index in [-0.39, 0.29) is 41.5 Å². The predicted octanol–water partition coefficient (Wildman–Crippen LogP) is 4.50. The number of benzene rings is 1. The molecule has 3 heterocycles. The van der Waals surface area contributed by atoms with Crippen molar-refractivity contribution in [3.8, 4) is 17.5 Å². The number of fused-ring (bicyclic) bond motifs is 1. The molecule has 1 unspecified atom stereocenters. The predicted molar refractivity (Wildman–Crippen MR) is 126 cm³/mol. The zero-order valence-corrected chi connectivity index (χ0v) is 19.9. The molecule has 0 spiro atoms. The Morgan fingerprint density at radius 3 is 2.38 bits per heavy atom. The molecule has 0 aliphatic heterocycles. The van der Waals surface area contributed by atoms with E-state index in [1.807, 2.05) is 0 Å². The number of hydrogen-bond acceptors (Lipinski definition) is 7. The highest BCUT2D eigenvalue weighted by molar-refractivity contribution is 5.86. The van der Waals surface area contributed by atoms with Crippen molar-refractivity contribution in [1.29, 1.82) is 5.26 Å². The minimum absolute atomic E-state index is 0.0137. The smallest absolute Gasteiger partial charge is 0.368 e. The molecule has 40 heavy (non-hydrogen) atoms. The molecule has 16 heteroatoms. The van der Waals surface area contributed by atoms with Gasteiger partial charge in [-0.2, -0.15) is 36.7 Å². The van der Waals surface area contributed by atoms with Crippen LogP contribution in [0.3, 0.4) is 0 Å². The Balaban J connectivity index is 1.50. The van der Waals surface area contributed by atoms with Crippen molar-refractivity contribution in [2.45, 2.75) is 37.8 Å². The largest absolute Gasteiger partial charge is 0.423 e. The molecular weight excluding hydrogens is 551 g/mol. The lowest BCUT2D eigenvalue weighted by molar-refractivity contribution is -0.139. The van der Waals surface area contributed by atoms with Crippen molar-refractivity contribution in [1.82, 2.24) is 24.7 Å². The minimum Gasteiger partial charge on any atom is -0.368 e. The number of anilines is 1. The van der Waals surface area contributed by atoms with Gasteiger partial charge in [-0.05, 0) is 36.4 Å². The van der Waals surface area contributed by atoms with Gasteiger partial charge in [0.25, 0.3) is 11.1 Å². The summed E-state index contributed by atoms with van der Waals surface area (Å²) >= 11 is 0. The van der Waals surface area contributed by atoms with Crippen LogP contribution in [0.1, 0.15) is 24.0 Å². The van der Waals surface area contributed by atoms with E-state index in [0.717, 1.165) is 12.3 Å². The van der Waals surface area contributed by atoms with Crippen LogP contribution in [-0.4, -0.2) is 30.8 Å². The third-order valence-electron chi connectivity index (χ3n) is 5.80. The van der Waals surface area contributed by atoms with Gasteiger partial charge in [0, 0.05) is 25.1 Å². The van der Waals surface area contributed by atoms with Crippen LogP contribution in [0.2, 0.25) is 0 Å². The fourth-order valence-electron chi connectivity index (χ4n) is 3.88. The van der Waals surface area contributed by atoms with Crippen molar-refractivity contribution in [2.75, 3.05) is 5.32 Å². The molecule has 0 radical (unpaired) electrons. The maximum Gasteiger partial charge on any atom is 0.423 e. The standard InChI is InChI=1S/C24H16F7N7O2/c25-17-7-15-12(6-16(17)20-33-9-13(10-34-20)23(26,27)28)3-5-38(22(15)40)4-1-2-14(8-32)36-18-11-35-37-21(39)19(18)24(29,30)31/h3,5-7,9-11,14H,1-2,4H2,(H2,36,37,39). The van der Waals surface area contributed by atoms with E-state index in [9.17, 15) is 45.6 Å². The van der Waals surface area contributed by atoms with E-state index in [1.54, 1.807) is 11.2 Å². The Morgan fingerprint density at radius 2 is 1.75 bits per heavy atom. The number of nitriles is 1. The van der Waals surface area contributed by atoms with Gasteiger partial charge in [-0.1, -0.05) is 0 Å². The molecular formula is C24H16F7N7O2. The highest BCUT2D eigenvalue weighted by atomic mass is 19.4. The first-order chi connectivity index (χ1) is 18.8. The van der Waals surface area contributed by atoms with Crippen LogP contribution in [0, 0.1) is 17.1 Å². The Kier molecular flexibility index (Phi) is 7.58. The van der Waals surface area contributed by atoms with Crippen molar-refractivity contribution in [3.63, 3.8) is 0 Å². The van der Waals surface area contributed by atoms with Crippen molar-refractivity contribution in [3.05, 3.63) is 80.6 Å². The van der Waals surface area contributed by atoms with Crippen molar-refractivity contribution in [2.24, 2.45) is 0 Å². The van der Waals surface area contributed by atoms with Gasteiger partial charge in [0.15, 0.2) is 5.82 Å². The Hall–Kier alpha value is -4.81. The number of hydrogen-bond donors (Lipinski definition) is 2. The first-order valence-electron chi connectivity index (χ1n) is 11.3. The Bertz CT molecular complexity index is 1710. The summed E-state index contributed by atoms with van der Waals surface area (Å²) in [6.45, 7) is 0.0137. The van der Waals surface area contributed by atoms with Crippen LogP contribution in [-0.2, 0) is 18.9 Å². The minimum atomic E-state index is -4.99. The molecule has 4 aromatic rings. The topological polar surface area (TPSA) is 129 Å². The molecule has 1 atom stereocenters. The van der Waals surface area contributed by atoms with Gasteiger partial charge in [-0.15, -0.1) is 0 Å². The Morgan fingerprint density at radius 1 is 1.05 bits per heavy atom. The van der Waals surface area contributed by atoms with Crippen LogP contribution in [0.15, 0.2) is 52.6 Å². The number of aromatic amines is 1. The number of pyridine rings is 1. The van der Waals surface area contributed by atoms with E-state index >= 15 is 0 Å². The van der Waals surface area contributed by atoms with Crippen LogP contribution in [0.4, 0.5) is 36.4 Å². The fourth-order valence-corrected chi connectivity index (χ4v) is 3.88. The van der Waals surface area contributed by atoms with E-state index in [1.165, 1.54) is 22.9 Å². The number of halogens is 7. The molecule has 0 aliphatic carbocycles. The van der Waals surface area contributed by atoms with E-state index in [4.69, 9.17) is 0 Å². The molecule has 9 nitrogen and oxygen atoms in total. The molecule has 0 bridgehead atoms. The average molecular weight is 567 g/mol. The SMILES string of the molecule is N#CC(CCCn1ccc2cc(-c3ncc(C(F)(F)F)cn3)c(F)cc2c1=O)Nc1cn[nH]c(=O)c1C(F)(F)F. The van der Waals surface area contributed by atoms with Gasteiger partial charge in [0.1, 0.15) is 17.4 Å². The highest BCUT2D eigenvalue weighted by Crippen LogP contribution is 2.32. The lowest BCUT2D eigenvalue weighted by atomic mass is 10.1. The summed E-state index contributed by atoms with van der Waals surface area (Å²) in [5, 5.41) is 16.9. The van der Waals surface area contributed by atoms with E-state index in [2.05, 4.69) is 20.4 Å². The third-order valence-corrected chi connectivity index (χ3v) is 5.80. The summed E-state index contributed by atoms with van der Waals surface area (Å²) < 4.78 is 94.0. The van der Waals surface area contributed by atoms with Gasteiger partial charge in [-0.3, -0.25) is 9.59 Å². The van der Waals surface area contributed by atoms with Crippen LogP contribution >= 0.6 is 0 Å². The number of aromatic nitrogens is 5. The van der Waals surface area contributed by atoms with Crippen LogP contribution in [0.5, 0.6) is 0 Å². The fraction of sp³-hybridized carbons (Fsp3) is 0.250. The maximum atomic E-state index is 14.8. The summed E-state index contributed by atoms with van der Waals surface area (Å²) in [6.07, 6.45) is -6.41. The van der Waals surface area contributed by atoms with Gasteiger partial charge in [0.05, 0.1) is 34.5 Å². The molecule has 0 aliphatic rings. The molecule has 208 valence electrons. The second-order valence-electron chi connectivity index (χ2n) is 8.48. The van der Waals surface area contributed by atoms with Crippen LogP contribution < -0.4 is 16.4 Å². The van der Waals surface area contributed by atoms with E-state index in [0.29, 0.717) is 12.4 Å². The molecule has 0 amide bonds. The quantitative estimate of drug-likeness (QED) is 0.315. The molecule has 2 N–H and O–H groups in total. The summed E-state index contributed by atoms with van der Waals surface area (Å²) in [4.78, 5) is 31.6. The van der Waals surface area contributed by atoms with Gasteiger partial charge >= 0.3 is 12.4 Å². The second kappa shape index (κ2) is 10.8. The molecule has 0 saturated heterocycles. The number of H-pyrrole nitrogens is 1. The maximum absolute atomic E-state index is 14.8. The van der Waals surface area contributed by atoms with Gasteiger partial charge in [0.2, 0.25) is 0 Å². The molecule has 1 aromatic carbocycles.